The van der Waals surface area contributed by atoms with Crippen LogP contribution in [0.2, 0.25) is 0 Å². The van der Waals surface area contributed by atoms with Gasteiger partial charge in [0.25, 0.3) is 0 Å². The largest absolute Gasteiger partial charge is 0.456 e. The van der Waals surface area contributed by atoms with Gasteiger partial charge in [0.05, 0.1) is 23.4 Å². The lowest BCUT2D eigenvalue weighted by Crippen LogP contribution is -2.00. The van der Waals surface area contributed by atoms with Gasteiger partial charge in [-0.1, -0.05) is 127 Å². The topological polar surface area (TPSA) is 56.7 Å². The van der Waals surface area contributed by atoms with Crippen LogP contribution in [0.15, 0.2) is 174 Å². The molecule has 0 saturated carbocycles. The maximum atomic E-state index is 9.07. The zero-order chi connectivity index (χ0) is 40.9. The Balaban J connectivity index is 1.21. The number of hydrogen-bond acceptors (Lipinski definition) is 4. The second-order valence-corrected chi connectivity index (χ2v) is 11.7. The Morgan fingerprint density at radius 2 is 1.16 bits per heavy atom. The summed E-state index contributed by atoms with van der Waals surface area (Å²) in [6, 6.07) is 31.9. The molecule has 10 rings (SSSR count). The van der Waals surface area contributed by atoms with Gasteiger partial charge in [0.15, 0.2) is 17.5 Å². The summed E-state index contributed by atoms with van der Waals surface area (Å²) in [5.41, 5.74) is 4.68. The van der Waals surface area contributed by atoms with Crippen LogP contribution in [0, 0.1) is 0 Å². The molecule has 50 heavy (non-hydrogen) atoms. The fraction of sp³-hybridized carbons (Fsp3) is 0. The van der Waals surface area contributed by atoms with E-state index in [9.17, 15) is 0 Å². The Kier molecular flexibility index (Phi) is 4.67. The zero-order valence-corrected chi connectivity index (χ0v) is 26.2. The van der Waals surface area contributed by atoms with Gasteiger partial charge in [-0.05, 0) is 53.5 Å². The van der Waals surface area contributed by atoms with Crippen LogP contribution in [-0.4, -0.2) is 19.5 Å². The van der Waals surface area contributed by atoms with E-state index >= 15 is 0 Å². The molecule has 0 amide bonds. The molecule has 0 fully saturated rings. The number of fused-ring (bicyclic) bond motifs is 6. The van der Waals surface area contributed by atoms with Crippen molar-refractivity contribution in [1.82, 2.24) is 19.5 Å². The lowest BCUT2D eigenvalue weighted by molar-refractivity contribution is 0.669. The SMILES string of the molecule is [2H]c1cc([2H])c(-n2c3c([2H])cc([2H])c([2H])c3c3c([2H])c([2H])c([2H])c([2H])c32)cc1-c1ccc2oc3cccc(-c4nc(-c5ccccc5)nc(-c5ccccc5)n4)c3c2c1. The molecule has 3 heterocycles. The van der Waals surface area contributed by atoms with E-state index in [4.69, 9.17) is 31.7 Å². The maximum Gasteiger partial charge on any atom is 0.164 e. The van der Waals surface area contributed by atoms with E-state index in [1.165, 1.54) is 16.7 Å². The molecule has 0 spiro atoms. The molecule has 3 aromatic heterocycles. The highest BCUT2D eigenvalue weighted by atomic mass is 16.3. The first-order valence-electron chi connectivity index (χ1n) is 20.5. The normalized spacial score (nSPS) is 14.1. The molecule has 0 aliphatic carbocycles. The summed E-state index contributed by atoms with van der Waals surface area (Å²) in [5, 5.41) is 1.46. The lowest BCUT2D eigenvalue weighted by Gasteiger charge is -2.11. The zero-order valence-electron chi connectivity index (χ0n) is 35.2. The van der Waals surface area contributed by atoms with Crippen LogP contribution in [0.4, 0.5) is 0 Å². The minimum atomic E-state index is -0.516. The smallest absolute Gasteiger partial charge is 0.164 e. The molecule has 10 aromatic rings. The average Bonchev–Trinajstić information content (AvgIpc) is 3.81. The summed E-state index contributed by atoms with van der Waals surface area (Å²) in [7, 11) is 0. The van der Waals surface area contributed by atoms with Crippen molar-refractivity contribution < 1.29 is 16.8 Å². The highest BCUT2D eigenvalue weighted by Gasteiger charge is 2.19. The van der Waals surface area contributed by atoms with E-state index in [0.29, 0.717) is 50.7 Å². The molecule has 0 aliphatic heterocycles. The summed E-state index contributed by atoms with van der Waals surface area (Å²) < 4.78 is 86.6. The first-order chi connectivity index (χ1) is 28.5. The third-order valence-electron chi connectivity index (χ3n) is 8.80. The molecule has 7 aromatic carbocycles. The monoisotopic (exact) mass is 649 g/mol. The molecule has 0 saturated heterocycles. The Morgan fingerprint density at radius 3 is 1.94 bits per heavy atom. The molecular formula is C45H28N4O. The van der Waals surface area contributed by atoms with Crippen LogP contribution in [0.25, 0.3) is 94.7 Å². The third-order valence-corrected chi connectivity index (χ3v) is 8.80. The van der Waals surface area contributed by atoms with Crippen molar-refractivity contribution in [3.63, 3.8) is 0 Å². The van der Waals surface area contributed by atoms with Crippen LogP contribution in [0.5, 0.6) is 0 Å². The predicted octanol–water partition coefficient (Wildman–Crippen LogP) is 11.5. The minimum Gasteiger partial charge on any atom is -0.456 e. The van der Waals surface area contributed by atoms with Gasteiger partial charge in [0.2, 0.25) is 0 Å². The Labute approximate surface area is 300 Å². The second kappa shape index (κ2) is 11.4. The molecule has 234 valence electrons. The summed E-state index contributed by atoms with van der Waals surface area (Å²) in [6.07, 6.45) is 0. The van der Waals surface area contributed by atoms with Gasteiger partial charge in [-0.2, -0.15) is 0 Å². The summed E-state index contributed by atoms with van der Waals surface area (Å²) in [6.45, 7) is 0. The van der Waals surface area contributed by atoms with Crippen LogP contribution < -0.4 is 0 Å². The molecule has 5 heteroatoms. The fourth-order valence-corrected chi connectivity index (χ4v) is 6.52. The van der Waals surface area contributed by atoms with Crippen molar-refractivity contribution in [2.45, 2.75) is 0 Å². The number of nitrogens with zero attached hydrogens (tertiary/aromatic N) is 4. The van der Waals surface area contributed by atoms with Crippen LogP contribution in [-0.2, 0) is 0 Å². The summed E-state index contributed by atoms with van der Waals surface area (Å²) in [5.74, 6) is 1.44. The number of para-hydroxylation sites is 2. The van der Waals surface area contributed by atoms with E-state index in [-0.39, 0.29) is 57.7 Å². The van der Waals surface area contributed by atoms with Gasteiger partial charge in [-0.25, -0.2) is 15.0 Å². The second-order valence-electron chi connectivity index (χ2n) is 11.7. The Hall–Kier alpha value is -6.85. The number of aromatic nitrogens is 4. The van der Waals surface area contributed by atoms with E-state index < -0.39 is 24.2 Å². The first kappa shape index (κ1) is 20.5. The first-order valence-corrected chi connectivity index (χ1v) is 16.0. The molecule has 0 unspecified atom stereocenters. The Morgan fingerprint density at radius 1 is 0.460 bits per heavy atom. The van der Waals surface area contributed by atoms with Crippen molar-refractivity contribution >= 4 is 43.7 Å². The van der Waals surface area contributed by atoms with Gasteiger partial charge in [0.1, 0.15) is 11.2 Å². The van der Waals surface area contributed by atoms with Gasteiger partial charge in [-0.3, -0.25) is 0 Å². The number of hydrogen-bond donors (Lipinski definition) is 0. The average molecular weight is 650 g/mol. The molecule has 0 aliphatic rings. The van der Waals surface area contributed by atoms with Crippen molar-refractivity contribution in [2.24, 2.45) is 0 Å². The number of benzene rings is 7. The van der Waals surface area contributed by atoms with E-state index in [2.05, 4.69) is 0 Å². The van der Waals surface area contributed by atoms with Gasteiger partial charge in [0, 0.05) is 43.9 Å². The van der Waals surface area contributed by atoms with Crippen molar-refractivity contribution in [3.8, 4) is 51.0 Å². The van der Waals surface area contributed by atoms with Crippen LogP contribution in [0.3, 0.4) is 0 Å². The Bertz CT molecular complexity index is 3330. The van der Waals surface area contributed by atoms with Crippen molar-refractivity contribution in [1.29, 1.82) is 0 Å². The van der Waals surface area contributed by atoms with Crippen LogP contribution >= 0.6 is 0 Å². The van der Waals surface area contributed by atoms with E-state index in [0.717, 1.165) is 16.5 Å². The lowest BCUT2D eigenvalue weighted by atomic mass is 10.00. The van der Waals surface area contributed by atoms with E-state index in [1.54, 1.807) is 18.2 Å². The number of furan rings is 1. The summed E-state index contributed by atoms with van der Waals surface area (Å²) >= 11 is 0. The highest BCUT2D eigenvalue weighted by molar-refractivity contribution is 6.13. The maximum absolute atomic E-state index is 9.07. The molecule has 0 atom stereocenters. The van der Waals surface area contributed by atoms with Crippen LogP contribution in [0.1, 0.15) is 12.3 Å². The number of rotatable bonds is 5. The van der Waals surface area contributed by atoms with Gasteiger partial charge in [-0.15, -0.1) is 0 Å². The standard InChI is InChI=1S/C45H28N4O/c1-3-13-29(14-4-1)43-46-44(30-15-5-2-6-16-30)48-45(47-43)36-21-12-24-41-42(36)37-28-32(25-26-40(37)50-41)31-17-11-18-33(27-31)49-38-22-9-7-19-34(38)35-20-8-10-23-39(35)49/h1-28H/i7D,8D,9D,17D,18D,19D,20D,22D,23D. The molecule has 0 bridgehead atoms. The van der Waals surface area contributed by atoms with Gasteiger partial charge < -0.3 is 8.98 Å². The van der Waals surface area contributed by atoms with Gasteiger partial charge >= 0.3 is 0 Å². The summed E-state index contributed by atoms with van der Waals surface area (Å²) in [4.78, 5) is 14.8. The molecule has 5 nitrogen and oxygen atoms in total. The predicted molar refractivity (Wildman–Crippen MR) is 203 cm³/mol. The van der Waals surface area contributed by atoms with E-state index in [1.807, 2.05) is 84.9 Å². The minimum absolute atomic E-state index is 0.0162. The van der Waals surface area contributed by atoms with Crippen molar-refractivity contribution in [2.75, 3.05) is 0 Å². The van der Waals surface area contributed by atoms with Crippen molar-refractivity contribution in [3.05, 3.63) is 170 Å². The molecular weight excluding hydrogens is 613 g/mol. The quantitative estimate of drug-likeness (QED) is 0.186. The third kappa shape index (κ3) is 4.60. The molecule has 0 radical (unpaired) electrons. The fourth-order valence-electron chi connectivity index (χ4n) is 6.52. The molecule has 0 N–H and O–H groups in total. The highest BCUT2D eigenvalue weighted by Crippen LogP contribution is 2.39.